The van der Waals surface area contributed by atoms with E-state index in [1.807, 2.05) is 36.4 Å². The summed E-state index contributed by atoms with van der Waals surface area (Å²) in [6.07, 6.45) is 1.81. The highest BCUT2D eigenvalue weighted by molar-refractivity contribution is 8.04. The molecule has 32 heavy (non-hydrogen) atoms. The second-order valence-electron chi connectivity index (χ2n) is 7.03. The van der Waals surface area contributed by atoms with Crippen LogP contribution < -0.4 is 14.8 Å². The molecule has 1 aliphatic rings. The van der Waals surface area contributed by atoms with Gasteiger partial charge in [-0.1, -0.05) is 48.2 Å². The number of nitrogens with one attached hydrogen (secondary N) is 1. The highest BCUT2D eigenvalue weighted by Crippen LogP contribution is 2.40. The molecule has 0 unspecified atom stereocenters. The summed E-state index contributed by atoms with van der Waals surface area (Å²) < 4.78 is 37.0. The Labute approximate surface area is 191 Å². The van der Waals surface area contributed by atoms with Gasteiger partial charge in [0.2, 0.25) is 0 Å². The van der Waals surface area contributed by atoms with Gasteiger partial charge in [-0.25, -0.2) is 8.42 Å². The van der Waals surface area contributed by atoms with E-state index >= 15 is 0 Å². The lowest BCUT2D eigenvalue weighted by Gasteiger charge is -2.20. The third kappa shape index (κ3) is 4.51. The largest absolute Gasteiger partial charge is 0.496 e. The molecule has 8 heteroatoms. The number of sulfone groups is 1. The average Bonchev–Trinajstić information content (AvgIpc) is 2.80. The van der Waals surface area contributed by atoms with Crippen LogP contribution in [0.5, 0.6) is 11.5 Å². The molecule has 164 valence electrons. The molecule has 0 aromatic heterocycles. The smallest absolute Gasteiger partial charge is 0.262 e. The van der Waals surface area contributed by atoms with Gasteiger partial charge >= 0.3 is 0 Å². The molecular formula is C24H21NO5S2. The molecule has 0 atom stereocenters. The van der Waals surface area contributed by atoms with Crippen molar-refractivity contribution >= 4 is 39.3 Å². The fourth-order valence-electron chi connectivity index (χ4n) is 3.38. The second-order valence-corrected chi connectivity index (χ2v) is 10.1. The Bertz CT molecular complexity index is 1280. The van der Waals surface area contributed by atoms with E-state index < -0.39 is 9.84 Å². The SMILES string of the molecule is COc1cccc(OC)c1CS(=O)(=O)c1ccc2c(c1)NC(=O)/C(=C/c1ccccc1)S2. The van der Waals surface area contributed by atoms with Crippen molar-refractivity contribution < 1.29 is 22.7 Å². The Morgan fingerprint density at radius 1 is 0.938 bits per heavy atom. The number of fused-ring (bicyclic) bond motifs is 1. The maximum atomic E-state index is 13.2. The zero-order valence-electron chi connectivity index (χ0n) is 17.5. The van der Waals surface area contributed by atoms with E-state index in [4.69, 9.17) is 9.47 Å². The Morgan fingerprint density at radius 3 is 2.28 bits per heavy atom. The third-order valence-corrected chi connectivity index (χ3v) is 7.70. The first-order valence-electron chi connectivity index (χ1n) is 9.74. The number of methoxy groups -OCH3 is 2. The van der Waals surface area contributed by atoms with E-state index in [0.717, 1.165) is 10.5 Å². The number of rotatable bonds is 6. The molecule has 3 aromatic carbocycles. The number of carbonyl (C=O) groups excluding carboxylic acids is 1. The van der Waals surface area contributed by atoms with Crippen molar-refractivity contribution in [3.8, 4) is 11.5 Å². The van der Waals surface area contributed by atoms with Crippen molar-refractivity contribution in [2.45, 2.75) is 15.5 Å². The molecule has 1 amide bonds. The van der Waals surface area contributed by atoms with Crippen molar-refractivity contribution in [1.82, 2.24) is 0 Å². The van der Waals surface area contributed by atoms with Crippen LogP contribution in [0.25, 0.3) is 6.08 Å². The molecule has 0 aliphatic carbocycles. The highest BCUT2D eigenvalue weighted by atomic mass is 32.2. The summed E-state index contributed by atoms with van der Waals surface area (Å²) in [6, 6.07) is 19.4. The van der Waals surface area contributed by atoms with Gasteiger partial charge in [0, 0.05) is 4.90 Å². The van der Waals surface area contributed by atoms with Crippen molar-refractivity contribution in [2.75, 3.05) is 19.5 Å². The lowest BCUT2D eigenvalue weighted by molar-refractivity contribution is -0.112. The van der Waals surface area contributed by atoms with E-state index in [0.29, 0.717) is 27.7 Å². The third-order valence-electron chi connectivity index (χ3n) is 4.96. The van der Waals surface area contributed by atoms with E-state index in [2.05, 4.69) is 5.32 Å². The van der Waals surface area contributed by atoms with Gasteiger partial charge in [0.1, 0.15) is 11.5 Å². The quantitative estimate of drug-likeness (QED) is 0.526. The lowest BCUT2D eigenvalue weighted by Crippen LogP contribution is -2.18. The van der Waals surface area contributed by atoms with Crippen LogP contribution in [-0.2, 0) is 20.4 Å². The van der Waals surface area contributed by atoms with Crippen LogP contribution in [-0.4, -0.2) is 28.5 Å². The number of hydrogen-bond acceptors (Lipinski definition) is 6. The lowest BCUT2D eigenvalue weighted by atomic mass is 10.2. The van der Waals surface area contributed by atoms with Crippen LogP contribution in [0.3, 0.4) is 0 Å². The highest BCUT2D eigenvalue weighted by Gasteiger charge is 2.26. The van der Waals surface area contributed by atoms with E-state index in [-0.39, 0.29) is 16.6 Å². The van der Waals surface area contributed by atoms with E-state index in [1.54, 1.807) is 30.3 Å². The van der Waals surface area contributed by atoms with Crippen LogP contribution in [0.2, 0.25) is 0 Å². The molecule has 1 heterocycles. The van der Waals surface area contributed by atoms with Gasteiger partial charge in [0.05, 0.1) is 41.0 Å². The fourth-order valence-corrected chi connectivity index (χ4v) is 5.71. The first-order chi connectivity index (χ1) is 15.4. The standard InChI is InChI=1S/C24H21NO5S2/c1-29-20-9-6-10-21(30-2)18(20)15-32(27,28)17-11-12-22-19(14-17)25-24(26)23(31-22)13-16-7-4-3-5-8-16/h3-14H,15H2,1-2H3,(H,25,26)/b23-13-. The maximum Gasteiger partial charge on any atom is 0.262 e. The zero-order valence-corrected chi connectivity index (χ0v) is 19.1. The predicted molar refractivity (Wildman–Crippen MR) is 126 cm³/mol. The van der Waals surface area contributed by atoms with Gasteiger partial charge in [-0.2, -0.15) is 0 Å². The average molecular weight is 468 g/mol. The summed E-state index contributed by atoms with van der Waals surface area (Å²) in [5, 5.41) is 2.81. The van der Waals surface area contributed by atoms with Crippen LogP contribution in [0, 0.1) is 0 Å². The van der Waals surface area contributed by atoms with Crippen LogP contribution >= 0.6 is 11.8 Å². The Kier molecular flexibility index (Phi) is 6.25. The summed E-state index contributed by atoms with van der Waals surface area (Å²) in [5.41, 5.74) is 1.83. The van der Waals surface area contributed by atoms with Crippen LogP contribution in [0.1, 0.15) is 11.1 Å². The first kappa shape index (κ1) is 22.0. The summed E-state index contributed by atoms with van der Waals surface area (Å²) in [4.78, 5) is 14.0. The fraction of sp³-hybridized carbons (Fsp3) is 0.125. The summed E-state index contributed by atoms with van der Waals surface area (Å²) >= 11 is 1.31. The summed E-state index contributed by atoms with van der Waals surface area (Å²) in [6.45, 7) is 0. The van der Waals surface area contributed by atoms with Crippen LogP contribution in [0.4, 0.5) is 5.69 Å². The molecule has 0 spiro atoms. The predicted octanol–water partition coefficient (Wildman–Crippen LogP) is 4.76. The number of anilines is 1. The maximum absolute atomic E-state index is 13.2. The first-order valence-corrected chi connectivity index (χ1v) is 12.2. The Morgan fingerprint density at radius 2 is 1.62 bits per heavy atom. The number of benzene rings is 3. The second kappa shape index (κ2) is 9.10. The number of amides is 1. The van der Waals surface area contributed by atoms with Gasteiger partial charge in [-0.15, -0.1) is 0 Å². The number of thioether (sulfide) groups is 1. The molecule has 0 fully saturated rings. The van der Waals surface area contributed by atoms with Crippen molar-refractivity contribution in [1.29, 1.82) is 0 Å². The minimum absolute atomic E-state index is 0.112. The number of carbonyl (C=O) groups is 1. The van der Waals surface area contributed by atoms with E-state index in [9.17, 15) is 13.2 Å². The molecule has 1 N–H and O–H groups in total. The molecule has 0 radical (unpaired) electrons. The summed E-state index contributed by atoms with van der Waals surface area (Å²) in [7, 11) is -0.760. The van der Waals surface area contributed by atoms with Crippen molar-refractivity contribution in [3.63, 3.8) is 0 Å². The Hall–Kier alpha value is -3.23. The molecule has 4 rings (SSSR count). The van der Waals surface area contributed by atoms with Crippen molar-refractivity contribution in [3.05, 3.63) is 82.8 Å². The van der Waals surface area contributed by atoms with Gasteiger partial charge in [0.15, 0.2) is 9.84 Å². The minimum atomic E-state index is -3.73. The van der Waals surface area contributed by atoms with Gasteiger partial charge in [0.25, 0.3) is 5.91 Å². The molecule has 0 bridgehead atoms. The molecule has 0 saturated carbocycles. The number of hydrogen-bond donors (Lipinski definition) is 1. The van der Waals surface area contributed by atoms with Gasteiger partial charge in [-0.05, 0) is 42.0 Å². The molecule has 1 aliphatic heterocycles. The zero-order chi connectivity index (χ0) is 22.7. The normalized spacial score (nSPS) is 14.6. The molecular weight excluding hydrogens is 446 g/mol. The van der Waals surface area contributed by atoms with Gasteiger partial charge < -0.3 is 14.8 Å². The summed E-state index contributed by atoms with van der Waals surface area (Å²) in [5.74, 6) is 0.308. The Balaban J connectivity index is 1.64. The molecule has 6 nitrogen and oxygen atoms in total. The minimum Gasteiger partial charge on any atom is -0.496 e. The molecule has 0 saturated heterocycles. The van der Waals surface area contributed by atoms with E-state index in [1.165, 1.54) is 32.0 Å². The topological polar surface area (TPSA) is 81.7 Å². The monoisotopic (exact) mass is 467 g/mol. The molecule has 3 aromatic rings. The van der Waals surface area contributed by atoms with Gasteiger partial charge in [-0.3, -0.25) is 4.79 Å². The number of ether oxygens (including phenoxy) is 2. The van der Waals surface area contributed by atoms with Crippen LogP contribution in [0.15, 0.2) is 81.4 Å². The van der Waals surface area contributed by atoms with Crippen molar-refractivity contribution in [2.24, 2.45) is 0 Å².